The molecule has 1 aromatic carbocycles. The topological polar surface area (TPSA) is 12.0 Å². The molecule has 106 valence electrons. The average Bonchev–Trinajstić information content (AvgIpc) is 2.69. The molecule has 1 aliphatic rings. The summed E-state index contributed by atoms with van der Waals surface area (Å²) in [5.41, 5.74) is 1.00. The summed E-state index contributed by atoms with van der Waals surface area (Å²) < 4.78 is 14.0. The molecular weight excluding hydrogens is 305 g/mol. The molecule has 1 nitrogen and oxygen atoms in total. The van der Waals surface area contributed by atoms with Crippen molar-refractivity contribution in [2.24, 2.45) is 5.92 Å². The third-order valence-corrected chi connectivity index (χ3v) is 5.14. The molecule has 0 radical (unpaired) electrons. The maximum Gasteiger partial charge on any atom is 0.137 e. The van der Waals surface area contributed by atoms with Crippen LogP contribution in [0.4, 0.5) is 4.39 Å². The second-order valence-electron chi connectivity index (χ2n) is 5.63. The van der Waals surface area contributed by atoms with Crippen molar-refractivity contribution >= 4 is 15.9 Å². The molecule has 0 saturated heterocycles. The van der Waals surface area contributed by atoms with Gasteiger partial charge in [-0.2, -0.15) is 0 Å². The maximum absolute atomic E-state index is 13.4. The lowest BCUT2D eigenvalue weighted by atomic mass is 9.93. The first-order valence-corrected chi connectivity index (χ1v) is 8.14. The van der Waals surface area contributed by atoms with Crippen LogP contribution in [0.5, 0.6) is 0 Å². The molecule has 0 spiro atoms. The van der Waals surface area contributed by atoms with Crippen LogP contribution in [0.25, 0.3) is 0 Å². The highest BCUT2D eigenvalue weighted by atomic mass is 79.9. The van der Waals surface area contributed by atoms with E-state index in [2.05, 4.69) is 28.2 Å². The Bertz CT molecular complexity index is 400. The molecule has 1 fully saturated rings. The van der Waals surface area contributed by atoms with E-state index in [4.69, 9.17) is 0 Å². The van der Waals surface area contributed by atoms with Crippen LogP contribution in [0.3, 0.4) is 0 Å². The minimum atomic E-state index is -0.179. The lowest BCUT2D eigenvalue weighted by molar-refractivity contribution is 0.336. The summed E-state index contributed by atoms with van der Waals surface area (Å²) in [5, 5.41) is 3.57. The molecule has 0 aliphatic heterocycles. The zero-order valence-electron chi connectivity index (χ0n) is 11.6. The minimum Gasteiger partial charge on any atom is -0.310 e. The Balaban J connectivity index is 1.88. The summed E-state index contributed by atoms with van der Waals surface area (Å²) in [6, 6.07) is 5.74. The van der Waals surface area contributed by atoms with E-state index in [1.54, 1.807) is 6.07 Å². The number of rotatable bonds is 4. The highest BCUT2D eigenvalue weighted by molar-refractivity contribution is 9.10. The normalized spacial score (nSPS) is 19.1. The third-order valence-electron chi connectivity index (χ3n) is 4.25. The lowest BCUT2D eigenvalue weighted by Crippen LogP contribution is -2.33. The molecule has 0 amide bonds. The molecule has 1 aliphatic carbocycles. The fourth-order valence-electron chi connectivity index (χ4n) is 2.93. The standard InChI is InChI=1S/C16H23BrFN/c1-12(13-7-4-2-3-5-8-13)19-11-14-9-6-10-15(18)16(14)17/h6,9-10,12-13,19H,2-5,7-8,11H2,1H3/t12-/m1/s1. The molecule has 0 heterocycles. The van der Waals surface area contributed by atoms with Crippen molar-refractivity contribution in [3.63, 3.8) is 0 Å². The smallest absolute Gasteiger partial charge is 0.137 e. The Labute approximate surface area is 124 Å². The van der Waals surface area contributed by atoms with Crippen LogP contribution >= 0.6 is 15.9 Å². The molecule has 0 aromatic heterocycles. The molecular formula is C16H23BrFN. The Hall–Kier alpha value is -0.410. The number of hydrogen-bond donors (Lipinski definition) is 1. The summed E-state index contributed by atoms with van der Waals surface area (Å²) >= 11 is 3.32. The van der Waals surface area contributed by atoms with Gasteiger partial charge < -0.3 is 5.32 Å². The van der Waals surface area contributed by atoms with Crippen LogP contribution < -0.4 is 5.32 Å². The van der Waals surface area contributed by atoms with Gasteiger partial charge in [0, 0.05) is 12.6 Å². The summed E-state index contributed by atoms with van der Waals surface area (Å²) in [7, 11) is 0. The van der Waals surface area contributed by atoms with Crippen molar-refractivity contribution in [1.29, 1.82) is 0 Å². The highest BCUT2D eigenvalue weighted by Crippen LogP contribution is 2.26. The summed E-state index contributed by atoms with van der Waals surface area (Å²) in [6.45, 7) is 3.00. The second-order valence-corrected chi connectivity index (χ2v) is 6.43. The van der Waals surface area contributed by atoms with Crippen LogP contribution in [0.1, 0.15) is 51.0 Å². The van der Waals surface area contributed by atoms with E-state index in [1.807, 2.05) is 6.07 Å². The number of benzene rings is 1. The minimum absolute atomic E-state index is 0.179. The zero-order valence-corrected chi connectivity index (χ0v) is 13.2. The van der Waals surface area contributed by atoms with E-state index in [0.717, 1.165) is 18.0 Å². The molecule has 1 aromatic rings. The van der Waals surface area contributed by atoms with Crippen molar-refractivity contribution in [3.05, 3.63) is 34.1 Å². The van der Waals surface area contributed by atoms with E-state index in [9.17, 15) is 4.39 Å². The van der Waals surface area contributed by atoms with Crippen LogP contribution in [-0.2, 0) is 6.54 Å². The van der Waals surface area contributed by atoms with E-state index < -0.39 is 0 Å². The predicted octanol–water partition coefficient (Wildman–Crippen LogP) is 5.04. The van der Waals surface area contributed by atoms with Crippen LogP contribution in [0.15, 0.2) is 22.7 Å². The zero-order chi connectivity index (χ0) is 13.7. The number of nitrogens with one attached hydrogen (secondary N) is 1. The molecule has 19 heavy (non-hydrogen) atoms. The van der Waals surface area contributed by atoms with Crippen LogP contribution in [0, 0.1) is 11.7 Å². The van der Waals surface area contributed by atoms with Gasteiger partial charge in [0.25, 0.3) is 0 Å². The predicted molar refractivity (Wildman–Crippen MR) is 81.6 cm³/mol. The SMILES string of the molecule is C[C@@H](NCc1cccc(F)c1Br)C1CCCCCC1. The third kappa shape index (κ3) is 4.28. The van der Waals surface area contributed by atoms with Crippen molar-refractivity contribution in [3.8, 4) is 0 Å². The molecule has 1 atom stereocenters. The van der Waals surface area contributed by atoms with Gasteiger partial charge in [-0.15, -0.1) is 0 Å². The fourth-order valence-corrected chi connectivity index (χ4v) is 3.34. The van der Waals surface area contributed by atoms with Gasteiger partial charge in [-0.05, 0) is 53.2 Å². The van der Waals surface area contributed by atoms with E-state index in [1.165, 1.54) is 44.6 Å². The fraction of sp³-hybridized carbons (Fsp3) is 0.625. The monoisotopic (exact) mass is 327 g/mol. The maximum atomic E-state index is 13.4. The van der Waals surface area contributed by atoms with Crippen molar-refractivity contribution in [2.45, 2.75) is 58.0 Å². The van der Waals surface area contributed by atoms with Gasteiger partial charge in [0.05, 0.1) is 4.47 Å². The molecule has 3 heteroatoms. The van der Waals surface area contributed by atoms with Crippen LogP contribution in [-0.4, -0.2) is 6.04 Å². The van der Waals surface area contributed by atoms with Crippen molar-refractivity contribution in [2.75, 3.05) is 0 Å². The Morgan fingerprint density at radius 1 is 1.26 bits per heavy atom. The van der Waals surface area contributed by atoms with Gasteiger partial charge in [-0.3, -0.25) is 0 Å². The summed E-state index contributed by atoms with van der Waals surface area (Å²) in [5.74, 6) is 0.594. The summed E-state index contributed by atoms with van der Waals surface area (Å²) in [6.07, 6.45) is 8.16. The van der Waals surface area contributed by atoms with Gasteiger partial charge in [0.15, 0.2) is 0 Å². The largest absolute Gasteiger partial charge is 0.310 e. The molecule has 0 bridgehead atoms. The average molecular weight is 328 g/mol. The van der Waals surface area contributed by atoms with Gasteiger partial charge in [0.2, 0.25) is 0 Å². The Kier molecular flexibility index (Phi) is 5.83. The van der Waals surface area contributed by atoms with Gasteiger partial charge in [-0.25, -0.2) is 4.39 Å². The first kappa shape index (κ1) is 15.0. The van der Waals surface area contributed by atoms with Gasteiger partial charge >= 0.3 is 0 Å². The highest BCUT2D eigenvalue weighted by Gasteiger charge is 2.18. The van der Waals surface area contributed by atoms with Gasteiger partial charge in [-0.1, -0.05) is 37.8 Å². The Morgan fingerprint density at radius 3 is 2.63 bits per heavy atom. The van der Waals surface area contributed by atoms with Crippen molar-refractivity contribution < 1.29 is 4.39 Å². The van der Waals surface area contributed by atoms with E-state index >= 15 is 0 Å². The van der Waals surface area contributed by atoms with E-state index in [-0.39, 0.29) is 5.82 Å². The summed E-state index contributed by atoms with van der Waals surface area (Å²) in [4.78, 5) is 0. The number of halogens is 2. The number of hydrogen-bond acceptors (Lipinski definition) is 1. The van der Waals surface area contributed by atoms with E-state index in [0.29, 0.717) is 10.5 Å². The van der Waals surface area contributed by atoms with Crippen molar-refractivity contribution in [1.82, 2.24) is 5.32 Å². The molecule has 0 unspecified atom stereocenters. The quantitative estimate of drug-likeness (QED) is 0.764. The molecule has 2 rings (SSSR count). The lowest BCUT2D eigenvalue weighted by Gasteiger charge is -2.24. The molecule has 1 saturated carbocycles. The first-order chi connectivity index (χ1) is 9.18. The second kappa shape index (κ2) is 7.39. The van der Waals surface area contributed by atoms with Gasteiger partial charge in [0.1, 0.15) is 5.82 Å². The Morgan fingerprint density at radius 2 is 1.95 bits per heavy atom. The van der Waals surface area contributed by atoms with Crippen LogP contribution in [0.2, 0.25) is 0 Å². The first-order valence-electron chi connectivity index (χ1n) is 7.34. The molecule has 1 N–H and O–H groups in total.